The number of amides is 2. The second kappa shape index (κ2) is 5.87. The molecule has 0 atom stereocenters. The lowest BCUT2D eigenvalue weighted by atomic mass is 10.3. The number of urea groups is 1. The predicted octanol–water partition coefficient (Wildman–Crippen LogP) is 3.66. The first-order chi connectivity index (χ1) is 9.47. The molecule has 0 radical (unpaired) electrons. The van der Waals surface area contributed by atoms with Gasteiger partial charge in [0.25, 0.3) is 6.43 Å². The number of benzene rings is 1. The summed E-state index contributed by atoms with van der Waals surface area (Å²) in [7, 11) is 1.46. The maximum atomic E-state index is 12.5. The lowest BCUT2D eigenvalue weighted by Gasteiger charge is -2.08. The maximum Gasteiger partial charge on any atom is 0.324 e. The largest absolute Gasteiger partial charge is 0.324 e. The van der Waals surface area contributed by atoms with Crippen molar-refractivity contribution in [2.45, 2.75) is 6.43 Å². The summed E-state index contributed by atoms with van der Waals surface area (Å²) in [5.41, 5.74) is 0.0171. The number of halogens is 3. The Bertz CT molecular complexity index is 630. The molecule has 1 aromatic carbocycles. The van der Waals surface area contributed by atoms with Crippen molar-refractivity contribution < 1.29 is 13.6 Å². The van der Waals surface area contributed by atoms with E-state index in [9.17, 15) is 13.6 Å². The first-order valence-electron chi connectivity index (χ1n) is 5.62. The fourth-order valence-electron chi connectivity index (χ4n) is 1.55. The van der Waals surface area contributed by atoms with Crippen LogP contribution < -0.4 is 10.6 Å². The average molecular weight is 301 g/mol. The van der Waals surface area contributed by atoms with E-state index in [1.165, 1.54) is 7.05 Å². The van der Waals surface area contributed by atoms with Gasteiger partial charge in [0, 0.05) is 13.1 Å². The minimum atomic E-state index is -2.69. The molecule has 5 nitrogen and oxygen atoms in total. The summed E-state index contributed by atoms with van der Waals surface area (Å²) >= 11 is 5.89. The molecule has 2 amide bonds. The summed E-state index contributed by atoms with van der Waals surface area (Å²) in [5.74, 6) is 0.157. The first-order valence-corrected chi connectivity index (χ1v) is 6.00. The maximum absolute atomic E-state index is 12.5. The molecule has 0 saturated heterocycles. The highest BCUT2D eigenvalue weighted by atomic mass is 35.5. The molecule has 106 valence electrons. The summed E-state index contributed by atoms with van der Waals surface area (Å²) in [5, 5.41) is 8.90. The van der Waals surface area contributed by atoms with Crippen molar-refractivity contribution >= 4 is 29.1 Å². The number of aryl methyl sites for hydroxylation is 1. The number of alkyl halides is 2. The molecule has 0 unspecified atom stereocenters. The number of rotatable bonds is 3. The molecule has 2 rings (SSSR count). The molecule has 2 N–H and O–H groups in total. The van der Waals surface area contributed by atoms with Crippen LogP contribution in [0.15, 0.2) is 30.3 Å². The van der Waals surface area contributed by atoms with E-state index in [-0.39, 0.29) is 5.82 Å². The van der Waals surface area contributed by atoms with Gasteiger partial charge >= 0.3 is 6.03 Å². The second-order valence-corrected chi connectivity index (χ2v) is 4.34. The van der Waals surface area contributed by atoms with Crippen LogP contribution in [0.4, 0.5) is 25.1 Å². The fraction of sp³-hybridized carbons (Fsp3) is 0.167. The van der Waals surface area contributed by atoms with Gasteiger partial charge in [-0.2, -0.15) is 5.10 Å². The lowest BCUT2D eigenvalue weighted by molar-refractivity contribution is 0.145. The Morgan fingerprint density at radius 1 is 1.35 bits per heavy atom. The molecule has 0 aliphatic rings. The summed E-state index contributed by atoms with van der Waals surface area (Å²) in [6.45, 7) is 0. The van der Waals surface area contributed by atoms with Gasteiger partial charge in [-0.3, -0.25) is 10.00 Å². The number of nitrogens with zero attached hydrogens (tertiary/aromatic N) is 2. The normalized spacial score (nSPS) is 10.7. The molecular formula is C12H11ClF2N4O. The second-order valence-electron chi connectivity index (χ2n) is 3.94. The minimum absolute atomic E-state index is 0.157. The smallest absolute Gasteiger partial charge is 0.306 e. The van der Waals surface area contributed by atoms with E-state index in [1.54, 1.807) is 24.3 Å². The number of aromatic nitrogens is 2. The highest BCUT2D eigenvalue weighted by molar-refractivity contribution is 6.33. The first kappa shape index (κ1) is 14.3. The number of hydrogen-bond acceptors (Lipinski definition) is 2. The third kappa shape index (κ3) is 3.24. The quantitative estimate of drug-likeness (QED) is 0.909. The summed E-state index contributed by atoms with van der Waals surface area (Å²) in [4.78, 5) is 11.8. The lowest BCUT2D eigenvalue weighted by Crippen LogP contribution is -2.21. The topological polar surface area (TPSA) is 59.0 Å². The molecule has 8 heteroatoms. The molecule has 20 heavy (non-hydrogen) atoms. The van der Waals surface area contributed by atoms with Gasteiger partial charge in [0.05, 0.1) is 10.7 Å². The van der Waals surface area contributed by atoms with Gasteiger partial charge in [0.15, 0.2) is 0 Å². The summed E-state index contributed by atoms with van der Waals surface area (Å²) < 4.78 is 26.1. The standard InChI is InChI=1S/C12H11ClF2N4O/c1-19-10(6-9(18-19)11(14)15)17-12(20)16-8-5-3-2-4-7(8)13/h2-6,11H,1H3,(H2,16,17,20). The number of anilines is 2. The Labute approximate surface area is 118 Å². The fourth-order valence-corrected chi connectivity index (χ4v) is 1.73. The van der Waals surface area contributed by atoms with Gasteiger partial charge in [0.2, 0.25) is 0 Å². The van der Waals surface area contributed by atoms with Crippen molar-refractivity contribution in [2.75, 3.05) is 10.6 Å². The van der Waals surface area contributed by atoms with Crippen LogP contribution >= 0.6 is 11.6 Å². The van der Waals surface area contributed by atoms with Crippen LogP contribution in [0.2, 0.25) is 5.02 Å². The van der Waals surface area contributed by atoms with Crippen LogP contribution in [-0.4, -0.2) is 15.8 Å². The van der Waals surface area contributed by atoms with Crippen LogP contribution in [0.5, 0.6) is 0 Å². The van der Waals surface area contributed by atoms with Crippen LogP contribution in [0.3, 0.4) is 0 Å². The van der Waals surface area contributed by atoms with E-state index in [4.69, 9.17) is 11.6 Å². The minimum Gasteiger partial charge on any atom is -0.306 e. The van der Waals surface area contributed by atoms with Gasteiger partial charge < -0.3 is 5.32 Å². The number of carbonyl (C=O) groups excluding carboxylic acids is 1. The number of nitrogens with one attached hydrogen (secondary N) is 2. The average Bonchev–Trinajstić information content (AvgIpc) is 2.74. The van der Waals surface area contributed by atoms with Crippen molar-refractivity contribution in [2.24, 2.45) is 7.05 Å². The Balaban J connectivity index is 2.07. The zero-order valence-corrected chi connectivity index (χ0v) is 11.2. The highest BCUT2D eigenvalue weighted by Gasteiger charge is 2.15. The Morgan fingerprint density at radius 3 is 2.65 bits per heavy atom. The molecule has 2 aromatic rings. The van der Waals surface area contributed by atoms with Crippen molar-refractivity contribution in [1.29, 1.82) is 0 Å². The van der Waals surface area contributed by atoms with Gasteiger partial charge in [-0.05, 0) is 12.1 Å². The van der Waals surface area contributed by atoms with Crippen molar-refractivity contribution in [3.8, 4) is 0 Å². The van der Waals surface area contributed by atoms with Gasteiger partial charge in [-0.1, -0.05) is 23.7 Å². The number of hydrogen-bond donors (Lipinski definition) is 2. The monoisotopic (exact) mass is 300 g/mol. The highest BCUT2D eigenvalue weighted by Crippen LogP contribution is 2.22. The van der Waals surface area contributed by atoms with Gasteiger partial charge in [0.1, 0.15) is 11.5 Å². The van der Waals surface area contributed by atoms with E-state index < -0.39 is 18.2 Å². The van der Waals surface area contributed by atoms with E-state index in [1.807, 2.05) is 0 Å². The Kier molecular flexibility index (Phi) is 4.19. The van der Waals surface area contributed by atoms with E-state index >= 15 is 0 Å². The van der Waals surface area contributed by atoms with Crippen molar-refractivity contribution in [3.63, 3.8) is 0 Å². The van der Waals surface area contributed by atoms with Crippen LogP contribution in [-0.2, 0) is 7.05 Å². The molecule has 0 aliphatic carbocycles. The Morgan fingerprint density at radius 2 is 2.05 bits per heavy atom. The third-order valence-electron chi connectivity index (χ3n) is 2.49. The number of para-hydroxylation sites is 1. The third-order valence-corrected chi connectivity index (χ3v) is 2.82. The van der Waals surface area contributed by atoms with E-state index in [0.717, 1.165) is 10.7 Å². The van der Waals surface area contributed by atoms with Gasteiger partial charge in [-0.25, -0.2) is 13.6 Å². The molecule has 0 aliphatic heterocycles. The zero-order chi connectivity index (χ0) is 14.7. The predicted molar refractivity (Wildman–Crippen MR) is 72.3 cm³/mol. The SMILES string of the molecule is Cn1nc(C(F)F)cc1NC(=O)Nc1ccccc1Cl. The van der Waals surface area contributed by atoms with E-state index in [0.29, 0.717) is 10.7 Å². The van der Waals surface area contributed by atoms with Crippen molar-refractivity contribution in [3.05, 3.63) is 41.0 Å². The molecule has 1 heterocycles. The molecular weight excluding hydrogens is 290 g/mol. The molecule has 0 fully saturated rings. The molecule has 0 bridgehead atoms. The number of carbonyl (C=O) groups is 1. The van der Waals surface area contributed by atoms with Crippen LogP contribution in [0.25, 0.3) is 0 Å². The van der Waals surface area contributed by atoms with Gasteiger partial charge in [-0.15, -0.1) is 0 Å². The van der Waals surface area contributed by atoms with Crippen molar-refractivity contribution in [1.82, 2.24) is 9.78 Å². The van der Waals surface area contributed by atoms with E-state index in [2.05, 4.69) is 15.7 Å². The molecule has 0 spiro atoms. The summed E-state index contributed by atoms with van der Waals surface area (Å²) in [6, 6.07) is 7.19. The molecule has 1 aromatic heterocycles. The zero-order valence-electron chi connectivity index (χ0n) is 10.4. The molecule has 0 saturated carbocycles. The van der Waals surface area contributed by atoms with Crippen LogP contribution in [0, 0.1) is 0 Å². The Hall–Kier alpha value is -2.15. The van der Waals surface area contributed by atoms with Crippen LogP contribution in [0.1, 0.15) is 12.1 Å². The summed E-state index contributed by atoms with van der Waals surface area (Å²) in [6.07, 6.45) is -2.69.